The molecular formula is C42H57N3O9. The lowest BCUT2D eigenvalue weighted by Gasteiger charge is -2.15. The number of rotatable bonds is 24. The largest absolute Gasteiger partial charge is 0.507 e. The molecule has 3 atom stereocenters. The Balaban J connectivity index is 1.64. The van der Waals surface area contributed by atoms with Crippen LogP contribution in [0.4, 0.5) is 0 Å². The molecule has 3 aromatic carbocycles. The maximum atomic E-state index is 11.2. The summed E-state index contributed by atoms with van der Waals surface area (Å²) in [4.78, 5) is 13.9. The average Bonchev–Trinajstić information content (AvgIpc) is 3.14. The monoisotopic (exact) mass is 747 g/mol. The van der Waals surface area contributed by atoms with Gasteiger partial charge in [0.05, 0.1) is 54.8 Å². The van der Waals surface area contributed by atoms with Crippen molar-refractivity contribution in [2.45, 2.75) is 96.9 Å². The highest BCUT2D eigenvalue weighted by molar-refractivity contribution is 5.74. The molecule has 0 fully saturated rings. The van der Waals surface area contributed by atoms with Gasteiger partial charge in [-0.3, -0.25) is 0 Å². The number of aliphatic hydroxyl groups is 3. The summed E-state index contributed by atoms with van der Waals surface area (Å²) in [6, 6.07) is 14.9. The van der Waals surface area contributed by atoms with Crippen LogP contribution in [-0.2, 0) is 33.5 Å². The van der Waals surface area contributed by atoms with Crippen molar-refractivity contribution in [3.05, 3.63) is 71.3 Å². The van der Waals surface area contributed by atoms with E-state index >= 15 is 0 Å². The van der Waals surface area contributed by atoms with Gasteiger partial charge in [0, 0.05) is 39.1 Å². The second kappa shape index (κ2) is 22.3. The van der Waals surface area contributed by atoms with Crippen LogP contribution in [0.5, 0.6) is 17.2 Å². The Morgan fingerprint density at radius 2 is 0.741 bits per heavy atom. The van der Waals surface area contributed by atoms with Crippen molar-refractivity contribution < 1.29 is 44.8 Å². The average molecular weight is 748 g/mol. The van der Waals surface area contributed by atoms with Crippen LogP contribution in [0.3, 0.4) is 0 Å². The predicted molar refractivity (Wildman–Crippen MR) is 207 cm³/mol. The van der Waals surface area contributed by atoms with Gasteiger partial charge in [0.1, 0.15) is 17.2 Å². The zero-order valence-corrected chi connectivity index (χ0v) is 31.8. The zero-order valence-electron chi connectivity index (χ0n) is 31.8. The van der Waals surface area contributed by atoms with Gasteiger partial charge in [0.25, 0.3) is 0 Å². The lowest BCUT2D eigenvalue weighted by molar-refractivity contribution is 0.0359. The number of aromatic hydroxyl groups is 3. The molecule has 0 radical (unpaired) electrons. The molecule has 0 bridgehead atoms. The molecule has 4 rings (SSSR count). The molecule has 12 heteroatoms. The van der Waals surface area contributed by atoms with Crippen molar-refractivity contribution in [1.29, 1.82) is 0 Å². The predicted octanol–water partition coefficient (Wildman–Crippen LogP) is 6.15. The van der Waals surface area contributed by atoms with Gasteiger partial charge in [-0.05, 0) is 72.4 Å². The highest BCUT2D eigenvalue weighted by atomic mass is 16.5. The van der Waals surface area contributed by atoms with Crippen LogP contribution < -0.4 is 0 Å². The van der Waals surface area contributed by atoms with Gasteiger partial charge >= 0.3 is 0 Å². The first-order chi connectivity index (χ1) is 26.1. The Morgan fingerprint density at radius 1 is 0.463 bits per heavy atom. The maximum absolute atomic E-state index is 11.2. The summed E-state index contributed by atoms with van der Waals surface area (Å²) in [6.07, 6.45) is 4.32. The molecule has 1 aromatic heterocycles. The number of benzene rings is 3. The maximum Gasteiger partial charge on any atom is 0.167 e. The Labute approximate surface area is 318 Å². The molecule has 0 aliphatic rings. The van der Waals surface area contributed by atoms with Crippen LogP contribution in [0.25, 0.3) is 34.2 Å². The van der Waals surface area contributed by atoms with E-state index in [1.807, 2.05) is 0 Å². The van der Waals surface area contributed by atoms with Crippen molar-refractivity contribution in [1.82, 2.24) is 15.0 Å². The standard InChI is InChI=1S/C42H57N3O9/c1-4-7-16-52-25-31(46)19-28-10-13-34(37(49)22-28)40-43-41(35-14-11-29(23-38(35)50)20-32(47)26-53-17-8-5-2)45-42(44-40)36-15-12-30(24-39(36)51)21-33(48)27-54-18-9-6-3/h10-15,22-24,31-33,46-51H,4-9,16-21,25-27H2,1-3H3. The van der Waals surface area contributed by atoms with Gasteiger partial charge in [-0.15, -0.1) is 0 Å². The quantitative estimate of drug-likeness (QED) is 0.0450. The zero-order chi connectivity index (χ0) is 38.9. The number of phenolic OH excluding ortho intramolecular Hbond substituents is 3. The minimum atomic E-state index is -0.747. The van der Waals surface area contributed by atoms with E-state index in [0.717, 1.165) is 38.5 Å². The minimum Gasteiger partial charge on any atom is -0.507 e. The molecule has 6 N–H and O–H groups in total. The van der Waals surface area contributed by atoms with E-state index < -0.39 is 18.3 Å². The van der Waals surface area contributed by atoms with E-state index in [0.29, 0.717) is 36.5 Å². The molecule has 12 nitrogen and oxygen atoms in total. The fraction of sp³-hybridized carbons (Fsp3) is 0.500. The molecule has 1 heterocycles. The van der Waals surface area contributed by atoms with Gasteiger partial charge in [-0.2, -0.15) is 0 Å². The Hall–Kier alpha value is -4.17. The highest BCUT2D eigenvalue weighted by Crippen LogP contribution is 2.36. The number of unbranched alkanes of at least 4 members (excludes halogenated alkanes) is 3. The summed E-state index contributed by atoms with van der Waals surface area (Å²) in [5.74, 6) is -0.103. The lowest BCUT2D eigenvalue weighted by atomic mass is 10.0. The summed E-state index contributed by atoms with van der Waals surface area (Å²) in [5, 5.41) is 65.0. The molecule has 3 unspecified atom stereocenters. The smallest absolute Gasteiger partial charge is 0.167 e. The summed E-state index contributed by atoms with van der Waals surface area (Å²) < 4.78 is 16.6. The first-order valence-electron chi connectivity index (χ1n) is 19.1. The van der Waals surface area contributed by atoms with Crippen LogP contribution in [-0.4, -0.2) is 104 Å². The van der Waals surface area contributed by atoms with E-state index in [1.54, 1.807) is 54.6 Å². The SMILES string of the molecule is CCCCOCC(O)Cc1ccc(-c2nc(-c3ccc(CC(O)COCCCC)cc3O)nc(-c3ccc(CC(O)COCCCC)cc3O)n2)c(O)c1. The first kappa shape index (κ1) is 42.6. The van der Waals surface area contributed by atoms with Gasteiger partial charge in [0.15, 0.2) is 17.5 Å². The number of hydrogen-bond acceptors (Lipinski definition) is 12. The van der Waals surface area contributed by atoms with Crippen molar-refractivity contribution in [3.8, 4) is 51.4 Å². The van der Waals surface area contributed by atoms with Gasteiger partial charge < -0.3 is 44.8 Å². The molecule has 54 heavy (non-hydrogen) atoms. The number of ether oxygens (including phenoxy) is 3. The van der Waals surface area contributed by atoms with Crippen molar-refractivity contribution in [2.75, 3.05) is 39.6 Å². The summed E-state index contributed by atoms with van der Waals surface area (Å²) >= 11 is 0. The van der Waals surface area contributed by atoms with E-state index in [-0.39, 0.29) is 90.5 Å². The highest BCUT2D eigenvalue weighted by Gasteiger charge is 2.20. The van der Waals surface area contributed by atoms with Gasteiger partial charge in [0.2, 0.25) is 0 Å². The summed E-state index contributed by atoms with van der Waals surface area (Å²) in [5.41, 5.74) is 2.91. The van der Waals surface area contributed by atoms with Crippen molar-refractivity contribution in [3.63, 3.8) is 0 Å². The molecule has 0 saturated heterocycles. The number of hydrogen-bond donors (Lipinski definition) is 6. The molecule has 0 aliphatic carbocycles. The Bertz CT molecular complexity index is 1530. The number of nitrogens with zero attached hydrogens (tertiary/aromatic N) is 3. The fourth-order valence-electron chi connectivity index (χ4n) is 5.81. The molecule has 4 aromatic rings. The molecular weight excluding hydrogens is 690 g/mol. The third-order valence-electron chi connectivity index (χ3n) is 8.82. The fourth-order valence-corrected chi connectivity index (χ4v) is 5.81. The van der Waals surface area contributed by atoms with Gasteiger partial charge in [-0.25, -0.2) is 15.0 Å². The van der Waals surface area contributed by atoms with Crippen LogP contribution >= 0.6 is 0 Å². The first-order valence-corrected chi connectivity index (χ1v) is 19.1. The number of aromatic nitrogens is 3. The Kier molecular flexibility index (Phi) is 17.6. The van der Waals surface area contributed by atoms with Gasteiger partial charge in [-0.1, -0.05) is 58.2 Å². The number of aliphatic hydroxyl groups excluding tert-OH is 3. The molecule has 0 spiro atoms. The molecule has 294 valence electrons. The van der Waals surface area contributed by atoms with Crippen LogP contribution in [0.1, 0.15) is 76.0 Å². The topological polar surface area (TPSA) is 188 Å². The van der Waals surface area contributed by atoms with Crippen molar-refractivity contribution in [2.24, 2.45) is 0 Å². The Morgan fingerprint density at radius 3 is 0.981 bits per heavy atom. The number of phenols is 3. The summed E-state index contributed by atoms with van der Waals surface area (Å²) in [6.45, 7) is 8.48. The van der Waals surface area contributed by atoms with E-state index in [4.69, 9.17) is 14.2 Å². The van der Waals surface area contributed by atoms with E-state index in [1.165, 1.54) is 0 Å². The molecule has 0 aliphatic heterocycles. The van der Waals surface area contributed by atoms with Crippen LogP contribution in [0, 0.1) is 0 Å². The lowest BCUT2D eigenvalue weighted by Crippen LogP contribution is -2.18. The molecule has 0 saturated carbocycles. The normalized spacial score (nSPS) is 13.2. The van der Waals surface area contributed by atoms with Crippen LogP contribution in [0.2, 0.25) is 0 Å². The second-order valence-electron chi connectivity index (χ2n) is 13.7. The van der Waals surface area contributed by atoms with Crippen LogP contribution in [0.15, 0.2) is 54.6 Å². The summed E-state index contributed by atoms with van der Waals surface area (Å²) in [7, 11) is 0. The third kappa shape index (κ3) is 13.3. The second-order valence-corrected chi connectivity index (χ2v) is 13.7. The van der Waals surface area contributed by atoms with Crippen molar-refractivity contribution >= 4 is 0 Å². The van der Waals surface area contributed by atoms with E-state index in [9.17, 15) is 30.6 Å². The third-order valence-corrected chi connectivity index (χ3v) is 8.82. The minimum absolute atomic E-state index is 0.0914. The van der Waals surface area contributed by atoms with E-state index in [2.05, 4.69) is 35.7 Å². The molecule has 0 amide bonds.